The Morgan fingerprint density at radius 2 is 2.31 bits per heavy atom. The van der Waals surface area contributed by atoms with Crippen LogP contribution in [0.2, 0.25) is 0 Å². The van der Waals surface area contributed by atoms with Gasteiger partial charge in [0.05, 0.1) is 17.4 Å². The molecule has 3 rings (SSSR count). The Hall–Kier alpha value is -1.97. The molecule has 0 aliphatic heterocycles. The van der Waals surface area contributed by atoms with E-state index in [1.54, 1.807) is 12.5 Å². The van der Waals surface area contributed by atoms with E-state index in [0.717, 1.165) is 35.2 Å². The number of imidazole rings is 1. The maximum Gasteiger partial charge on any atom is 0.164 e. The van der Waals surface area contributed by atoms with Crippen LogP contribution in [0.1, 0.15) is 19.0 Å². The lowest BCUT2D eigenvalue weighted by Crippen LogP contribution is -1.98. The summed E-state index contributed by atoms with van der Waals surface area (Å²) >= 11 is 0. The SMILES string of the molecule is CCCc1nc2cccnc2n2cncc12. The summed E-state index contributed by atoms with van der Waals surface area (Å²) in [6.45, 7) is 2.15. The first kappa shape index (κ1) is 9.27. The van der Waals surface area contributed by atoms with Crippen molar-refractivity contribution in [2.24, 2.45) is 0 Å². The third-order valence-corrected chi connectivity index (χ3v) is 2.67. The number of hydrogen-bond acceptors (Lipinski definition) is 3. The van der Waals surface area contributed by atoms with Gasteiger partial charge in [0.2, 0.25) is 0 Å². The molecule has 0 amide bonds. The van der Waals surface area contributed by atoms with Crippen molar-refractivity contribution in [2.45, 2.75) is 19.8 Å². The molecule has 0 spiro atoms. The summed E-state index contributed by atoms with van der Waals surface area (Å²) in [7, 11) is 0. The maximum atomic E-state index is 4.64. The van der Waals surface area contributed by atoms with E-state index >= 15 is 0 Å². The highest BCUT2D eigenvalue weighted by atomic mass is 15.1. The Morgan fingerprint density at radius 3 is 3.19 bits per heavy atom. The summed E-state index contributed by atoms with van der Waals surface area (Å²) in [5.41, 5.74) is 3.96. The van der Waals surface area contributed by atoms with Gasteiger partial charge in [-0.25, -0.2) is 15.0 Å². The fourth-order valence-corrected chi connectivity index (χ4v) is 1.96. The van der Waals surface area contributed by atoms with Gasteiger partial charge in [-0.05, 0) is 18.6 Å². The smallest absolute Gasteiger partial charge is 0.164 e. The van der Waals surface area contributed by atoms with Crippen molar-refractivity contribution in [2.75, 3.05) is 0 Å². The minimum atomic E-state index is 0.870. The molecule has 0 saturated heterocycles. The maximum absolute atomic E-state index is 4.64. The highest BCUT2D eigenvalue weighted by molar-refractivity contribution is 5.75. The first-order valence-corrected chi connectivity index (χ1v) is 5.46. The predicted molar refractivity (Wildman–Crippen MR) is 62.3 cm³/mol. The molecule has 0 saturated carbocycles. The molecule has 3 heterocycles. The second-order valence-electron chi connectivity index (χ2n) is 3.80. The second kappa shape index (κ2) is 3.56. The Labute approximate surface area is 93.0 Å². The van der Waals surface area contributed by atoms with E-state index in [-0.39, 0.29) is 0 Å². The van der Waals surface area contributed by atoms with E-state index in [0.29, 0.717) is 0 Å². The number of aromatic nitrogens is 4. The van der Waals surface area contributed by atoms with Gasteiger partial charge < -0.3 is 0 Å². The van der Waals surface area contributed by atoms with Gasteiger partial charge in [-0.3, -0.25) is 4.40 Å². The molecule has 4 nitrogen and oxygen atoms in total. The van der Waals surface area contributed by atoms with Crippen LogP contribution < -0.4 is 0 Å². The number of fused-ring (bicyclic) bond motifs is 3. The summed E-state index contributed by atoms with van der Waals surface area (Å²) in [5, 5.41) is 0. The van der Waals surface area contributed by atoms with Crippen LogP contribution in [0.3, 0.4) is 0 Å². The second-order valence-corrected chi connectivity index (χ2v) is 3.80. The van der Waals surface area contributed by atoms with Crippen molar-refractivity contribution >= 4 is 16.7 Å². The molecule has 3 aromatic rings. The summed E-state index contributed by atoms with van der Waals surface area (Å²) in [6, 6.07) is 3.90. The van der Waals surface area contributed by atoms with Crippen LogP contribution >= 0.6 is 0 Å². The van der Waals surface area contributed by atoms with Crippen molar-refractivity contribution < 1.29 is 0 Å². The molecule has 0 bridgehead atoms. The lowest BCUT2D eigenvalue weighted by molar-refractivity contribution is 0.889. The summed E-state index contributed by atoms with van der Waals surface area (Å²) in [4.78, 5) is 13.2. The molecule has 80 valence electrons. The summed E-state index contributed by atoms with van der Waals surface area (Å²) in [5.74, 6) is 0. The van der Waals surface area contributed by atoms with E-state index in [4.69, 9.17) is 0 Å². The number of hydrogen-bond donors (Lipinski definition) is 0. The molecule has 0 atom stereocenters. The van der Waals surface area contributed by atoms with Crippen LogP contribution in [0.4, 0.5) is 0 Å². The molecular weight excluding hydrogens is 200 g/mol. The monoisotopic (exact) mass is 212 g/mol. The standard InChI is InChI=1S/C12H12N4/c1-2-4-9-11-7-13-8-16(11)12-10(15-9)5-3-6-14-12/h3,5-8H,2,4H2,1H3. The van der Waals surface area contributed by atoms with Gasteiger partial charge in [-0.2, -0.15) is 0 Å². The molecule has 0 aliphatic carbocycles. The van der Waals surface area contributed by atoms with Gasteiger partial charge >= 0.3 is 0 Å². The zero-order chi connectivity index (χ0) is 11.0. The highest BCUT2D eigenvalue weighted by Gasteiger charge is 2.07. The summed E-state index contributed by atoms with van der Waals surface area (Å²) < 4.78 is 2.01. The number of nitrogens with zero attached hydrogens (tertiary/aromatic N) is 4. The highest BCUT2D eigenvalue weighted by Crippen LogP contribution is 2.16. The average Bonchev–Trinajstić information content (AvgIpc) is 2.79. The van der Waals surface area contributed by atoms with E-state index in [1.807, 2.05) is 22.7 Å². The molecule has 0 aromatic carbocycles. The number of rotatable bonds is 2. The zero-order valence-corrected chi connectivity index (χ0v) is 9.09. The Bertz CT molecular complexity index is 642. The van der Waals surface area contributed by atoms with E-state index in [1.165, 1.54) is 0 Å². The zero-order valence-electron chi connectivity index (χ0n) is 9.09. The number of aryl methyl sites for hydroxylation is 1. The first-order valence-electron chi connectivity index (χ1n) is 5.46. The lowest BCUT2D eigenvalue weighted by atomic mass is 10.2. The molecule has 16 heavy (non-hydrogen) atoms. The average molecular weight is 212 g/mol. The van der Waals surface area contributed by atoms with Gasteiger partial charge in [0, 0.05) is 6.20 Å². The van der Waals surface area contributed by atoms with Gasteiger partial charge in [-0.15, -0.1) is 0 Å². The largest absolute Gasteiger partial charge is 0.280 e. The molecule has 3 aromatic heterocycles. The third kappa shape index (κ3) is 1.26. The molecular formula is C12H12N4. The van der Waals surface area contributed by atoms with Crippen molar-refractivity contribution in [1.29, 1.82) is 0 Å². The molecule has 0 aliphatic rings. The quantitative estimate of drug-likeness (QED) is 0.654. The fourth-order valence-electron chi connectivity index (χ4n) is 1.96. The van der Waals surface area contributed by atoms with Crippen LogP contribution in [-0.4, -0.2) is 19.4 Å². The van der Waals surface area contributed by atoms with Crippen molar-refractivity contribution in [3.63, 3.8) is 0 Å². The predicted octanol–water partition coefficient (Wildman–Crippen LogP) is 2.23. The Kier molecular flexibility index (Phi) is 2.06. The normalized spacial score (nSPS) is 11.3. The topological polar surface area (TPSA) is 43.1 Å². The van der Waals surface area contributed by atoms with E-state index in [9.17, 15) is 0 Å². The van der Waals surface area contributed by atoms with Crippen LogP contribution in [0.15, 0.2) is 30.9 Å². The van der Waals surface area contributed by atoms with Crippen molar-refractivity contribution in [3.05, 3.63) is 36.5 Å². The van der Waals surface area contributed by atoms with Gasteiger partial charge in [0.25, 0.3) is 0 Å². The van der Waals surface area contributed by atoms with Gasteiger partial charge in [0.15, 0.2) is 5.65 Å². The van der Waals surface area contributed by atoms with Crippen molar-refractivity contribution in [3.8, 4) is 0 Å². The summed E-state index contributed by atoms with van der Waals surface area (Å²) in [6.07, 6.45) is 7.49. The van der Waals surface area contributed by atoms with Crippen molar-refractivity contribution in [1.82, 2.24) is 19.4 Å². The first-order chi connectivity index (χ1) is 7.90. The fraction of sp³-hybridized carbons (Fsp3) is 0.250. The lowest BCUT2D eigenvalue weighted by Gasteiger charge is -2.05. The van der Waals surface area contributed by atoms with Crippen LogP contribution in [-0.2, 0) is 6.42 Å². The van der Waals surface area contributed by atoms with E-state index in [2.05, 4.69) is 21.9 Å². The minimum Gasteiger partial charge on any atom is -0.280 e. The molecule has 0 radical (unpaired) electrons. The van der Waals surface area contributed by atoms with Crippen LogP contribution in [0.25, 0.3) is 16.7 Å². The minimum absolute atomic E-state index is 0.870. The molecule has 0 unspecified atom stereocenters. The molecule has 4 heteroatoms. The third-order valence-electron chi connectivity index (χ3n) is 2.67. The van der Waals surface area contributed by atoms with Gasteiger partial charge in [0.1, 0.15) is 11.8 Å². The Morgan fingerprint density at radius 1 is 1.38 bits per heavy atom. The number of pyridine rings is 1. The van der Waals surface area contributed by atoms with Crippen LogP contribution in [0.5, 0.6) is 0 Å². The van der Waals surface area contributed by atoms with Gasteiger partial charge in [-0.1, -0.05) is 13.3 Å². The van der Waals surface area contributed by atoms with Crippen LogP contribution in [0, 0.1) is 0 Å². The van der Waals surface area contributed by atoms with E-state index < -0.39 is 0 Å². The Balaban J connectivity index is 2.43. The molecule has 0 N–H and O–H groups in total. The molecule has 0 fully saturated rings.